The van der Waals surface area contributed by atoms with Crippen molar-refractivity contribution in [1.29, 1.82) is 0 Å². The number of rotatable bonds is 4. The molecule has 2 heterocycles. The molecule has 1 aliphatic rings. The van der Waals surface area contributed by atoms with Crippen LogP contribution in [0.2, 0.25) is 0 Å². The number of hydrogen-bond acceptors (Lipinski definition) is 4. The Kier molecular flexibility index (Phi) is 4.08. The first-order valence-corrected chi connectivity index (χ1v) is 8.23. The Morgan fingerprint density at radius 1 is 1.33 bits per heavy atom. The molecular weight excluding hydrogens is 278 g/mol. The van der Waals surface area contributed by atoms with Crippen LogP contribution in [-0.2, 0) is 0 Å². The van der Waals surface area contributed by atoms with E-state index in [4.69, 9.17) is 10.8 Å². The predicted octanol–water partition coefficient (Wildman–Crippen LogP) is 4.02. The summed E-state index contributed by atoms with van der Waals surface area (Å²) in [6.45, 7) is 4.95. The van der Waals surface area contributed by atoms with Gasteiger partial charge < -0.3 is 5.73 Å². The van der Waals surface area contributed by atoms with Crippen LogP contribution in [0.3, 0.4) is 0 Å². The molecule has 1 atom stereocenters. The van der Waals surface area contributed by atoms with E-state index in [-0.39, 0.29) is 0 Å². The highest BCUT2D eigenvalue weighted by atomic mass is 32.1. The lowest BCUT2D eigenvalue weighted by atomic mass is 10.1. The van der Waals surface area contributed by atoms with Gasteiger partial charge in [0.2, 0.25) is 0 Å². The van der Waals surface area contributed by atoms with Gasteiger partial charge in [0, 0.05) is 17.0 Å². The minimum absolute atomic E-state index is 0.313. The molecular formula is C17H21N3S. The Hall–Kier alpha value is -1.65. The summed E-state index contributed by atoms with van der Waals surface area (Å²) in [6, 6.07) is 11.2. The van der Waals surface area contributed by atoms with E-state index in [0.717, 1.165) is 12.8 Å². The van der Waals surface area contributed by atoms with Crippen LogP contribution < -0.4 is 10.7 Å². The third kappa shape index (κ3) is 2.87. The Morgan fingerprint density at radius 3 is 2.86 bits per heavy atom. The van der Waals surface area contributed by atoms with E-state index in [2.05, 4.69) is 54.6 Å². The zero-order chi connectivity index (χ0) is 14.8. The van der Waals surface area contributed by atoms with Crippen molar-refractivity contribution < 1.29 is 0 Å². The van der Waals surface area contributed by atoms with E-state index in [0.29, 0.717) is 12.6 Å². The number of benzene rings is 1. The highest BCUT2D eigenvalue weighted by Crippen LogP contribution is 2.39. The van der Waals surface area contributed by atoms with Gasteiger partial charge in [0.25, 0.3) is 0 Å². The molecule has 0 amide bonds. The van der Waals surface area contributed by atoms with E-state index in [1.165, 1.54) is 27.4 Å². The summed E-state index contributed by atoms with van der Waals surface area (Å²) < 4.78 is 0. The summed E-state index contributed by atoms with van der Waals surface area (Å²) in [6.07, 6.45) is 1.86. The lowest BCUT2D eigenvalue weighted by Crippen LogP contribution is -2.18. The molecule has 1 aliphatic heterocycles. The predicted molar refractivity (Wildman–Crippen MR) is 91.2 cm³/mol. The molecule has 2 N–H and O–H groups in total. The summed E-state index contributed by atoms with van der Waals surface area (Å²) in [5.74, 6) is 0. The first-order valence-electron chi connectivity index (χ1n) is 7.35. The van der Waals surface area contributed by atoms with Gasteiger partial charge in [0.1, 0.15) is 0 Å². The number of thiophene rings is 1. The molecule has 3 rings (SSSR count). The van der Waals surface area contributed by atoms with Gasteiger partial charge >= 0.3 is 0 Å². The maximum atomic E-state index is 5.71. The van der Waals surface area contributed by atoms with Crippen LogP contribution in [-0.4, -0.2) is 12.3 Å². The molecule has 0 fully saturated rings. The average molecular weight is 299 g/mol. The van der Waals surface area contributed by atoms with Crippen LogP contribution in [0.25, 0.3) is 0 Å². The molecule has 1 aromatic heterocycles. The van der Waals surface area contributed by atoms with Gasteiger partial charge in [-0.2, -0.15) is 5.10 Å². The second-order valence-electron chi connectivity index (χ2n) is 5.57. The number of aryl methyl sites for hydroxylation is 2. The van der Waals surface area contributed by atoms with Crippen LogP contribution in [0.5, 0.6) is 0 Å². The van der Waals surface area contributed by atoms with E-state index >= 15 is 0 Å². The molecule has 1 unspecified atom stereocenters. The molecule has 1 aromatic carbocycles. The quantitative estimate of drug-likeness (QED) is 0.926. The van der Waals surface area contributed by atoms with Crippen LogP contribution >= 0.6 is 11.3 Å². The summed E-state index contributed by atoms with van der Waals surface area (Å²) in [5.41, 5.74) is 10.7. The van der Waals surface area contributed by atoms with Gasteiger partial charge in [0.15, 0.2) is 0 Å². The lowest BCUT2D eigenvalue weighted by Gasteiger charge is -2.24. The Balaban J connectivity index is 1.98. The first kappa shape index (κ1) is 14.3. The molecule has 0 spiro atoms. The van der Waals surface area contributed by atoms with E-state index in [1.54, 1.807) is 11.3 Å². The molecule has 0 aliphatic carbocycles. The van der Waals surface area contributed by atoms with Crippen LogP contribution in [0.4, 0.5) is 5.69 Å². The number of nitrogens with zero attached hydrogens (tertiary/aromatic N) is 2. The van der Waals surface area contributed by atoms with Gasteiger partial charge in [-0.15, -0.1) is 11.3 Å². The molecule has 0 saturated carbocycles. The smallest absolute Gasteiger partial charge is 0.0920 e. The number of hydrogen-bond donors (Lipinski definition) is 1. The average Bonchev–Trinajstić information content (AvgIpc) is 3.08. The Labute approximate surface area is 130 Å². The summed E-state index contributed by atoms with van der Waals surface area (Å²) in [4.78, 5) is 1.37. The van der Waals surface area contributed by atoms with Crippen LogP contribution in [0.15, 0.2) is 40.8 Å². The fraction of sp³-hybridized carbons (Fsp3) is 0.353. The van der Waals surface area contributed by atoms with Gasteiger partial charge in [-0.3, -0.25) is 5.01 Å². The third-order valence-corrected chi connectivity index (χ3v) is 4.85. The molecule has 0 bridgehead atoms. The van der Waals surface area contributed by atoms with Crippen molar-refractivity contribution in [3.8, 4) is 0 Å². The number of nitrogens with two attached hydrogens (primary N) is 1. The van der Waals surface area contributed by atoms with E-state index in [9.17, 15) is 0 Å². The fourth-order valence-corrected chi connectivity index (χ4v) is 3.69. The maximum absolute atomic E-state index is 5.71. The van der Waals surface area contributed by atoms with Crippen LogP contribution in [0, 0.1) is 13.8 Å². The second kappa shape index (κ2) is 6.00. The zero-order valence-corrected chi connectivity index (χ0v) is 13.4. The topological polar surface area (TPSA) is 41.6 Å². The maximum Gasteiger partial charge on any atom is 0.0920 e. The zero-order valence-electron chi connectivity index (χ0n) is 12.5. The minimum atomic E-state index is 0.313. The van der Waals surface area contributed by atoms with E-state index < -0.39 is 0 Å². The lowest BCUT2D eigenvalue weighted by molar-refractivity contribution is 0.718. The van der Waals surface area contributed by atoms with Crippen molar-refractivity contribution in [3.63, 3.8) is 0 Å². The van der Waals surface area contributed by atoms with Gasteiger partial charge in [-0.1, -0.05) is 23.8 Å². The molecule has 2 aromatic rings. The highest BCUT2D eigenvalue weighted by Gasteiger charge is 2.30. The van der Waals surface area contributed by atoms with Crippen molar-refractivity contribution in [1.82, 2.24) is 0 Å². The molecule has 3 nitrogen and oxygen atoms in total. The monoisotopic (exact) mass is 299 g/mol. The van der Waals surface area contributed by atoms with Crippen molar-refractivity contribution in [2.45, 2.75) is 32.7 Å². The fourth-order valence-electron chi connectivity index (χ4n) is 2.88. The molecule has 0 radical (unpaired) electrons. The second-order valence-corrected chi connectivity index (χ2v) is 6.55. The minimum Gasteiger partial charge on any atom is -0.330 e. The molecule has 110 valence electrons. The largest absolute Gasteiger partial charge is 0.330 e. The van der Waals surface area contributed by atoms with Crippen molar-refractivity contribution in [2.24, 2.45) is 10.8 Å². The highest BCUT2D eigenvalue weighted by molar-refractivity contribution is 7.10. The third-order valence-electron chi connectivity index (χ3n) is 3.88. The van der Waals surface area contributed by atoms with Crippen molar-refractivity contribution in [3.05, 3.63) is 51.7 Å². The molecule has 0 saturated heterocycles. The van der Waals surface area contributed by atoms with Crippen LogP contribution in [0.1, 0.15) is 34.9 Å². The van der Waals surface area contributed by atoms with Gasteiger partial charge in [-0.05, 0) is 49.9 Å². The molecule has 4 heteroatoms. The summed E-state index contributed by atoms with van der Waals surface area (Å²) in [5, 5.41) is 9.17. The first-order chi connectivity index (χ1) is 10.2. The van der Waals surface area contributed by atoms with Gasteiger partial charge in [-0.25, -0.2) is 0 Å². The normalized spacial score (nSPS) is 18.1. The SMILES string of the molecule is Cc1ccc(N2N=C(CCN)CC2c2cccs2)c(C)c1. The number of hydrazone groups is 1. The Morgan fingerprint density at radius 2 is 2.19 bits per heavy atom. The van der Waals surface area contributed by atoms with Crippen molar-refractivity contribution >= 4 is 22.7 Å². The summed E-state index contributed by atoms with van der Waals surface area (Å²) in [7, 11) is 0. The van der Waals surface area contributed by atoms with E-state index in [1.807, 2.05) is 0 Å². The standard InChI is InChI=1S/C17H21N3S/c1-12-5-6-15(13(2)10-12)20-16(17-4-3-9-21-17)11-14(19-20)7-8-18/h3-6,9-10,16H,7-8,11,18H2,1-2H3. The Bertz CT molecular complexity index is 646. The summed E-state index contributed by atoms with van der Waals surface area (Å²) >= 11 is 1.80. The van der Waals surface area contributed by atoms with Crippen molar-refractivity contribution in [2.75, 3.05) is 11.6 Å². The number of anilines is 1. The van der Waals surface area contributed by atoms with Gasteiger partial charge in [0.05, 0.1) is 11.7 Å². The molecule has 21 heavy (non-hydrogen) atoms.